The Labute approximate surface area is 136 Å². The van der Waals surface area contributed by atoms with Crippen molar-refractivity contribution in [2.45, 2.75) is 25.4 Å². The van der Waals surface area contributed by atoms with Crippen molar-refractivity contribution in [3.05, 3.63) is 29.8 Å². The lowest BCUT2D eigenvalue weighted by Crippen LogP contribution is -2.53. The molecule has 1 unspecified atom stereocenters. The molecular formula is C17H23N3O3. The number of amides is 2. The van der Waals surface area contributed by atoms with Crippen LogP contribution in [0, 0.1) is 0 Å². The van der Waals surface area contributed by atoms with Gasteiger partial charge in [0.15, 0.2) is 0 Å². The van der Waals surface area contributed by atoms with E-state index in [2.05, 4.69) is 22.3 Å². The first-order valence-corrected chi connectivity index (χ1v) is 8.09. The third-order valence-electron chi connectivity index (χ3n) is 4.54. The Morgan fingerprint density at radius 2 is 1.91 bits per heavy atom. The monoisotopic (exact) mass is 317 g/mol. The number of nitrogens with zero attached hydrogens (tertiary/aromatic N) is 2. The van der Waals surface area contributed by atoms with Crippen LogP contribution in [0.1, 0.15) is 18.4 Å². The smallest absolute Gasteiger partial charge is 0.245 e. The van der Waals surface area contributed by atoms with Crippen LogP contribution in [0.2, 0.25) is 0 Å². The summed E-state index contributed by atoms with van der Waals surface area (Å²) >= 11 is 0. The average molecular weight is 317 g/mol. The highest BCUT2D eigenvalue weighted by atomic mass is 16.5. The molecule has 3 rings (SSSR count). The molecule has 0 radical (unpaired) electrons. The Morgan fingerprint density at radius 3 is 2.48 bits per heavy atom. The van der Waals surface area contributed by atoms with Crippen molar-refractivity contribution in [2.75, 3.05) is 33.3 Å². The molecule has 124 valence electrons. The van der Waals surface area contributed by atoms with Gasteiger partial charge in [-0.2, -0.15) is 0 Å². The number of hydrogen-bond acceptors (Lipinski definition) is 4. The van der Waals surface area contributed by atoms with Gasteiger partial charge in [0.1, 0.15) is 11.8 Å². The van der Waals surface area contributed by atoms with Crippen LogP contribution in [-0.2, 0) is 16.1 Å². The average Bonchev–Trinajstić information content (AvgIpc) is 3.02. The minimum atomic E-state index is -0.310. The predicted octanol–water partition coefficient (Wildman–Crippen LogP) is 0.618. The van der Waals surface area contributed by atoms with Gasteiger partial charge in [0, 0.05) is 39.1 Å². The van der Waals surface area contributed by atoms with Gasteiger partial charge in [0.2, 0.25) is 11.8 Å². The lowest BCUT2D eigenvalue weighted by Gasteiger charge is -2.35. The summed E-state index contributed by atoms with van der Waals surface area (Å²) in [5.74, 6) is 0.921. The fraction of sp³-hybridized carbons (Fsp3) is 0.529. The molecule has 0 saturated carbocycles. The van der Waals surface area contributed by atoms with E-state index in [9.17, 15) is 9.59 Å². The number of hydrogen-bond donors (Lipinski definition) is 1. The van der Waals surface area contributed by atoms with E-state index in [1.54, 1.807) is 7.11 Å². The van der Waals surface area contributed by atoms with E-state index in [-0.39, 0.29) is 17.9 Å². The molecule has 6 heteroatoms. The fourth-order valence-electron chi connectivity index (χ4n) is 3.14. The topological polar surface area (TPSA) is 61.9 Å². The molecule has 1 N–H and O–H groups in total. The van der Waals surface area contributed by atoms with Crippen LogP contribution >= 0.6 is 0 Å². The van der Waals surface area contributed by atoms with Crippen LogP contribution in [0.3, 0.4) is 0 Å². The highest BCUT2D eigenvalue weighted by Crippen LogP contribution is 2.15. The fourth-order valence-corrected chi connectivity index (χ4v) is 3.14. The van der Waals surface area contributed by atoms with Gasteiger partial charge in [-0.1, -0.05) is 12.1 Å². The number of methoxy groups -OCH3 is 1. The van der Waals surface area contributed by atoms with Crippen molar-refractivity contribution in [3.8, 4) is 5.75 Å². The summed E-state index contributed by atoms with van der Waals surface area (Å²) in [5, 5.41) is 2.76. The summed E-state index contributed by atoms with van der Waals surface area (Å²) in [6.45, 7) is 4.05. The van der Waals surface area contributed by atoms with Crippen molar-refractivity contribution in [1.29, 1.82) is 0 Å². The van der Waals surface area contributed by atoms with Gasteiger partial charge in [0.05, 0.1) is 7.11 Å². The molecule has 2 aliphatic heterocycles. The van der Waals surface area contributed by atoms with Crippen LogP contribution in [0.4, 0.5) is 0 Å². The zero-order chi connectivity index (χ0) is 16.2. The number of nitrogens with one attached hydrogen (secondary N) is 1. The zero-order valence-electron chi connectivity index (χ0n) is 13.5. The van der Waals surface area contributed by atoms with Gasteiger partial charge in [-0.15, -0.1) is 0 Å². The van der Waals surface area contributed by atoms with Crippen LogP contribution in [0.15, 0.2) is 24.3 Å². The van der Waals surface area contributed by atoms with Crippen molar-refractivity contribution < 1.29 is 14.3 Å². The number of carbonyl (C=O) groups excluding carboxylic acids is 2. The Balaban J connectivity index is 1.48. The zero-order valence-corrected chi connectivity index (χ0v) is 13.5. The Hall–Kier alpha value is -2.08. The molecule has 1 aromatic carbocycles. The third kappa shape index (κ3) is 3.82. The second kappa shape index (κ2) is 7.00. The van der Waals surface area contributed by atoms with Crippen molar-refractivity contribution in [2.24, 2.45) is 0 Å². The molecule has 0 bridgehead atoms. The number of rotatable bonds is 4. The van der Waals surface area contributed by atoms with E-state index in [0.29, 0.717) is 12.8 Å². The Morgan fingerprint density at radius 1 is 1.22 bits per heavy atom. The lowest BCUT2D eigenvalue weighted by molar-refractivity contribution is -0.136. The van der Waals surface area contributed by atoms with Crippen LogP contribution in [0.5, 0.6) is 5.75 Å². The number of ether oxygens (including phenoxy) is 1. The molecule has 2 aliphatic rings. The molecule has 2 heterocycles. The molecule has 2 amide bonds. The van der Waals surface area contributed by atoms with Crippen LogP contribution in [-0.4, -0.2) is 60.9 Å². The van der Waals surface area contributed by atoms with Crippen LogP contribution < -0.4 is 10.1 Å². The first-order valence-electron chi connectivity index (χ1n) is 8.09. The molecule has 6 nitrogen and oxygen atoms in total. The van der Waals surface area contributed by atoms with E-state index >= 15 is 0 Å². The first kappa shape index (κ1) is 15.8. The van der Waals surface area contributed by atoms with E-state index in [1.807, 2.05) is 17.0 Å². The normalized spacial score (nSPS) is 22.0. The highest BCUT2D eigenvalue weighted by Gasteiger charge is 2.32. The molecule has 1 aromatic rings. The summed E-state index contributed by atoms with van der Waals surface area (Å²) in [6.07, 6.45) is 1.09. The summed E-state index contributed by atoms with van der Waals surface area (Å²) in [6, 6.07) is 7.78. The van der Waals surface area contributed by atoms with Gasteiger partial charge in [-0.3, -0.25) is 14.5 Å². The third-order valence-corrected chi connectivity index (χ3v) is 4.54. The van der Waals surface area contributed by atoms with Gasteiger partial charge < -0.3 is 15.0 Å². The summed E-state index contributed by atoms with van der Waals surface area (Å²) < 4.78 is 5.17. The predicted molar refractivity (Wildman–Crippen MR) is 86.0 cm³/mol. The lowest BCUT2D eigenvalue weighted by atomic mass is 10.1. The van der Waals surface area contributed by atoms with Crippen molar-refractivity contribution in [1.82, 2.24) is 15.1 Å². The maximum Gasteiger partial charge on any atom is 0.245 e. The van der Waals surface area contributed by atoms with Gasteiger partial charge >= 0.3 is 0 Å². The molecule has 0 aromatic heterocycles. The Kier molecular flexibility index (Phi) is 4.81. The summed E-state index contributed by atoms with van der Waals surface area (Å²) in [5.41, 5.74) is 1.24. The van der Waals surface area contributed by atoms with Gasteiger partial charge in [0.25, 0.3) is 0 Å². The highest BCUT2D eigenvalue weighted by molar-refractivity contribution is 5.90. The van der Waals surface area contributed by atoms with Gasteiger partial charge in [-0.25, -0.2) is 0 Å². The van der Waals surface area contributed by atoms with Crippen LogP contribution in [0.25, 0.3) is 0 Å². The molecule has 0 aliphatic carbocycles. The summed E-state index contributed by atoms with van der Waals surface area (Å²) in [7, 11) is 1.66. The molecule has 0 spiro atoms. The standard InChI is InChI=1S/C17H23N3O3/c1-23-14-4-2-13(3-5-14)12-19-8-10-20(11-9-19)17(22)15-6-7-16(21)18-15/h2-5,15H,6-12H2,1H3,(H,18,21). The van der Waals surface area contributed by atoms with Gasteiger partial charge in [-0.05, 0) is 24.1 Å². The minimum Gasteiger partial charge on any atom is -0.497 e. The quantitative estimate of drug-likeness (QED) is 0.884. The minimum absolute atomic E-state index is 0.0125. The number of carbonyl (C=O) groups is 2. The number of piperazine rings is 1. The number of benzene rings is 1. The maximum absolute atomic E-state index is 12.4. The molecule has 2 saturated heterocycles. The maximum atomic E-state index is 12.4. The van der Waals surface area contributed by atoms with Crippen molar-refractivity contribution >= 4 is 11.8 Å². The molecule has 1 atom stereocenters. The Bertz CT molecular complexity index is 565. The second-order valence-corrected chi connectivity index (χ2v) is 6.11. The largest absolute Gasteiger partial charge is 0.497 e. The SMILES string of the molecule is COc1ccc(CN2CCN(C(=O)C3CCC(=O)N3)CC2)cc1. The van der Waals surface area contributed by atoms with E-state index in [1.165, 1.54) is 5.56 Å². The van der Waals surface area contributed by atoms with Crippen molar-refractivity contribution in [3.63, 3.8) is 0 Å². The molecule has 2 fully saturated rings. The second-order valence-electron chi connectivity index (χ2n) is 6.11. The first-order chi connectivity index (χ1) is 11.2. The summed E-state index contributed by atoms with van der Waals surface area (Å²) in [4.78, 5) is 27.8. The van der Waals surface area contributed by atoms with E-state index in [0.717, 1.165) is 38.5 Å². The molecular weight excluding hydrogens is 294 g/mol. The van der Waals surface area contributed by atoms with E-state index in [4.69, 9.17) is 4.74 Å². The van der Waals surface area contributed by atoms with E-state index < -0.39 is 0 Å². The molecule has 23 heavy (non-hydrogen) atoms.